The van der Waals surface area contributed by atoms with Crippen molar-refractivity contribution in [3.8, 4) is 0 Å². The fourth-order valence-corrected chi connectivity index (χ4v) is 4.98. The van der Waals surface area contributed by atoms with E-state index in [0.29, 0.717) is 35.3 Å². The van der Waals surface area contributed by atoms with Gasteiger partial charge in [-0.15, -0.1) is 0 Å². The molecule has 0 radical (unpaired) electrons. The normalized spacial score (nSPS) is 13.9. The Balaban J connectivity index is 1.36. The van der Waals surface area contributed by atoms with Gasteiger partial charge in [0.15, 0.2) is 5.16 Å². The lowest BCUT2D eigenvalue weighted by Crippen LogP contribution is -2.49. The second-order valence-corrected chi connectivity index (χ2v) is 9.65. The molecule has 1 amide bonds. The van der Waals surface area contributed by atoms with Crippen molar-refractivity contribution >= 4 is 23.4 Å². The van der Waals surface area contributed by atoms with E-state index >= 15 is 0 Å². The molecule has 8 heteroatoms. The number of carbonyl (C=O) groups is 1. The fourth-order valence-electron chi connectivity index (χ4n) is 4.11. The largest absolute Gasteiger partial charge is 0.368 e. The number of aryl methyl sites for hydroxylation is 3. The monoisotopic (exact) mass is 480 g/mol. The molecule has 1 aliphatic heterocycles. The van der Waals surface area contributed by atoms with Crippen LogP contribution in [0.1, 0.15) is 27.9 Å². The van der Waals surface area contributed by atoms with Crippen molar-refractivity contribution in [3.05, 3.63) is 86.6 Å². The molecule has 0 unspecified atom stereocenters. The van der Waals surface area contributed by atoms with E-state index in [1.165, 1.54) is 40.7 Å². The number of hydrogen-bond acceptors (Lipinski definition) is 5. The molecule has 2 aromatic carbocycles. The zero-order chi connectivity index (χ0) is 24.2. The van der Waals surface area contributed by atoms with Crippen molar-refractivity contribution in [1.82, 2.24) is 14.9 Å². The number of amides is 1. The first-order chi connectivity index (χ1) is 16.3. The van der Waals surface area contributed by atoms with Gasteiger partial charge < -0.3 is 14.8 Å². The third kappa shape index (κ3) is 5.67. The van der Waals surface area contributed by atoms with Crippen molar-refractivity contribution in [2.24, 2.45) is 0 Å². The maximum atomic E-state index is 13.1. The van der Waals surface area contributed by atoms with Crippen LogP contribution in [0.25, 0.3) is 0 Å². The van der Waals surface area contributed by atoms with E-state index in [4.69, 9.17) is 0 Å². The second-order valence-electron chi connectivity index (χ2n) is 8.68. The van der Waals surface area contributed by atoms with E-state index in [-0.39, 0.29) is 23.7 Å². The second kappa shape index (κ2) is 10.4. The summed E-state index contributed by atoms with van der Waals surface area (Å²) in [4.78, 5) is 37.1. The van der Waals surface area contributed by atoms with Gasteiger partial charge in [-0.2, -0.15) is 0 Å². The predicted octanol–water partition coefficient (Wildman–Crippen LogP) is 4.02. The summed E-state index contributed by atoms with van der Waals surface area (Å²) in [5.74, 6) is 0.227. The lowest BCUT2D eigenvalue weighted by atomic mass is 10.1. The number of aromatic nitrogens is 2. The lowest BCUT2D eigenvalue weighted by molar-refractivity contribution is -0.130. The van der Waals surface area contributed by atoms with E-state index in [9.17, 15) is 14.0 Å². The van der Waals surface area contributed by atoms with Crippen molar-refractivity contribution in [3.63, 3.8) is 0 Å². The van der Waals surface area contributed by atoms with Crippen LogP contribution >= 0.6 is 11.8 Å². The van der Waals surface area contributed by atoms with Gasteiger partial charge in [0.05, 0.1) is 6.42 Å². The molecule has 1 saturated heterocycles. The molecule has 0 saturated carbocycles. The Labute approximate surface area is 203 Å². The predicted molar refractivity (Wildman–Crippen MR) is 134 cm³/mol. The lowest BCUT2D eigenvalue weighted by Gasteiger charge is -2.37. The van der Waals surface area contributed by atoms with Gasteiger partial charge in [-0.3, -0.25) is 9.59 Å². The van der Waals surface area contributed by atoms with E-state index < -0.39 is 0 Å². The fraction of sp³-hybridized carbons (Fsp3) is 0.346. The van der Waals surface area contributed by atoms with E-state index in [1.54, 1.807) is 19.1 Å². The number of H-pyrrole nitrogens is 1. The van der Waals surface area contributed by atoms with Crippen molar-refractivity contribution in [2.45, 2.75) is 38.1 Å². The van der Waals surface area contributed by atoms with Crippen molar-refractivity contribution < 1.29 is 9.18 Å². The molecule has 1 fully saturated rings. The number of piperazine rings is 1. The highest BCUT2D eigenvalue weighted by Gasteiger charge is 2.24. The van der Waals surface area contributed by atoms with E-state index in [1.807, 2.05) is 4.90 Å². The maximum absolute atomic E-state index is 13.1. The zero-order valence-electron chi connectivity index (χ0n) is 19.7. The van der Waals surface area contributed by atoms with Gasteiger partial charge in [-0.05, 0) is 55.7 Å². The number of anilines is 1. The van der Waals surface area contributed by atoms with Crippen LogP contribution in [-0.4, -0.2) is 47.0 Å². The molecule has 0 bridgehead atoms. The molecule has 4 rings (SSSR count). The van der Waals surface area contributed by atoms with Gasteiger partial charge in [0, 0.05) is 48.9 Å². The van der Waals surface area contributed by atoms with Crippen molar-refractivity contribution in [2.75, 3.05) is 31.1 Å². The van der Waals surface area contributed by atoms with Crippen LogP contribution < -0.4 is 10.5 Å². The first kappa shape index (κ1) is 24.0. The third-order valence-corrected chi connectivity index (χ3v) is 7.10. The molecule has 178 valence electrons. The topological polar surface area (TPSA) is 69.3 Å². The van der Waals surface area contributed by atoms with Crippen LogP contribution in [0.15, 0.2) is 52.4 Å². The number of halogens is 1. The summed E-state index contributed by atoms with van der Waals surface area (Å²) in [6.07, 6.45) is 0.0422. The van der Waals surface area contributed by atoms with Crippen LogP contribution in [-0.2, 0) is 17.0 Å². The van der Waals surface area contributed by atoms with Crippen molar-refractivity contribution in [1.29, 1.82) is 0 Å². The minimum atomic E-state index is -0.281. The summed E-state index contributed by atoms with van der Waals surface area (Å²) in [7, 11) is 0. The molecular formula is C26H29FN4O2S. The molecular weight excluding hydrogens is 451 g/mol. The van der Waals surface area contributed by atoms with Crippen LogP contribution in [0.3, 0.4) is 0 Å². The summed E-state index contributed by atoms with van der Waals surface area (Å²) in [6, 6.07) is 12.7. The van der Waals surface area contributed by atoms with Gasteiger partial charge in [0.2, 0.25) is 5.91 Å². The molecule has 6 nitrogen and oxygen atoms in total. The Bertz CT molecular complexity index is 1230. The molecule has 1 aliphatic rings. The Kier molecular flexibility index (Phi) is 7.36. The minimum absolute atomic E-state index is 0.0422. The zero-order valence-corrected chi connectivity index (χ0v) is 20.5. The first-order valence-corrected chi connectivity index (χ1v) is 12.4. The van der Waals surface area contributed by atoms with Crippen LogP contribution in [0.2, 0.25) is 0 Å². The number of thioether (sulfide) groups is 1. The SMILES string of the molecule is Cc1ccc(C)c(N2CCN(C(=O)Cc3c(C)nc(SCc4ccc(F)cc4)[nH]c3=O)CC2)c1. The summed E-state index contributed by atoms with van der Waals surface area (Å²) in [5.41, 5.74) is 5.30. The highest BCUT2D eigenvalue weighted by atomic mass is 32.2. The van der Waals surface area contributed by atoms with Gasteiger partial charge in [0.25, 0.3) is 5.56 Å². The van der Waals surface area contributed by atoms with Gasteiger partial charge in [0.1, 0.15) is 5.82 Å². The van der Waals surface area contributed by atoms with Crippen LogP contribution in [0.4, 0.5) is 10.1 Å². The van der Waals surface area contributed by atoms with Crippen LogP contribution in [0, 0.1) is 26.6 Å². The molecule has 0 spiro atoms. The molecule has 2 heterocycles. The number of carbonyl (C=O) groups excluding carboxylic acids is 1. The number of hydrogen-bond donors (Lipinski definition) is 1. The van der Waals surface area contributed by atoms with Gasteiger partial charge in [-0.25, -0.2) is 9.37 Å². The average Bonchev–Trinajstić information content (AvgIpc) is 2.82. The summed E-state index contributed by atoms with van der Waals surface area (Å²) >= 11 is 1.37. The van der Waals surface area contributed by atoms with Gasteiger partial charge in [-0.1, -0.05) is 36.0 Å². The summed E-state index contributed by atoms with van der Waals surface area (Å²) in [6.45, 7) is 8.74. The average molecular weight is 481 g/mol. The molecule has 34 heavy (non-hydrogen) atoms. The van der Waals surface area contributed by atoms with Crippen LogP contribution in [0.5, 0.6) is 0 Å². The molecule has 1 N–H and O–H groups in total. The number of nitrogens with zero attached hydrogens (tertiary/aromatic N) is 3. The number of nitrogens with one attached hydrogen (secondary N) is 1. The molecule has 3 aromatic rings. The number of benzene rings is 2. The number of aromatic amines is 1. The Hall–Kier alpha value is -3.13. The first-order valence-electron chi connectivity index (χ1n) is 11.4. The highest BCUT2D eigenvalue weighted by Crippen LogP contribution is 2.23. The maximum Gasteiger partial charge on any atom is 0.255 e. The smallest absolute Gasteiger partial charge is 0.255 e. The number of rotatable bonds is 6. The standard InChI is InChI=1S/C26H29FN4O2S/c1-17-4-5-18(2)23(14-17)30-10-12-31(13-11-30)24(32)15-22-19(3)28-26(29-25(22)33)34-16-20-6-8-21(27)9-7-20/h4-9,14H,10-13,15-16H2,1-3H3,(H,28,29,33). The quantitative estimate of drug-likeness (QED) is 0.426. The Morgan fingerprint density at radius 2 is 1.76 bits per heavy atom. The molecule has 0 atom stereocenters. The minimum Gasteiger partial charge on any atom is -0.368 e. The Morgan fingerprint density at radius 1 is 1.06 bits per heavy atom. The molecule has 1 aromatic heterocycles. The van der Waals surface area contributed by atoms with E-state index in [0.717, 1.165) is 18.7 Å². The Morgan fingerprint density at radius 3 is 2.44 bits per heavy atom. The summed E-state index contributed by atoms with van der Waals surface area (Å²) in [5, 5.41) is 0.491. The summed E-state index contributed by atoms with van der Waals surface area (Å²) < 4.78 is 13.1. The molecule has 0 aliphatic carbocycles. The van der Waals surface area contributed by atoms with E-state index in [2.05, 4.69) is 46.9 Å². The highest BCUT2D eigenvalue weighted by molar-refractivity contribution is 7.98. The third-order valence-electron chi connectivity index (χ3n) is 6.16. The van der Waals surface area contributed by atoms with Gasteiger partial charge >= 0.3 is 0 Å².